The zero-order valence-electron chi connectivity index (χ0n) is 23.2. The Kier molecular flexibility index (Phi) is 5.88. The maximum atomic E-state index is 13.5. The molecule has 6 atom stereocenters. The zero-order chi connectivity index (χ0) is 28.9. The number of hydrogen-bond donors (Lipinski definition) is 2. The van der Waals surface area contributed by atoms with Crippen molar-refractivity contribution >= 4 is 12.0 Å². The summed E-state index contributed by atoms with van der Waals surface area (Å²) in [6.45, 7) is 3.82. The number of alkyl halides is 3. The van der Waals surface area contributed by atoms with Crippen LogP contribution in [0.1, 0.15) is 54.9 Å². The lowest BCUT2D eigenvalue weighted by Gasteiger charge is -2.66. The molecule has 2 heterocycles. The second-order valence-corrected chi connectivity index (χ2v) is 12.9. The summed E-state index contributed by atoms with van der Waals surface area (Å²) in [5.74, 6) is 0.651. The molecule has 2 aromatic carbocycles. The van der Waals surface area contributed by atoms with Gasteiger partial charge >= 0.3 is 6.18 Å². The number of halogens is 3. The number of aromatic hydroxyl groups is 1. The van der Waals surface area contributed by atoms with Gasteiger partial charge in [0.05, 0.1) is 22.6 Å². The summed E-state index contributed by atoms with van der Waals surface area (Å²) in [4.78, 5) is 17.6. The molecule has 0 aromatic heterocycles. The molecule has 0 radical (unpaired) electrons. The molecule has 2 bridgehead atoms. The summed E-state index contributed by atoms with van der Waals surface area (Å²) in [5, 5.41) is 23.6. The number of benzene rings is 2. The molecular formula is C32H35F3N2O4. The van der Waals surface area contributed by atoms with Crippen LogP contribution in [0, 0.1) is 11.8 Å². The Morgan fingerprint density at radius 2 is 2.02 bits per heavy atom. The average Bonchev–Trinajstić information content (AvgIpc) is 3.67. The van der Waals surface area contributed by atoms with Crippen molar-refractivity contribution in [3.8, 4) is 11.5 Å². The molecule has 218 valence electrons. The highest BCUT2D eigenvalue weighted by Gasteiger charge is 2.74. The highest BCUT2D eigenvalue weighted by atomic mass is 19.4. The van der Waals surface area contributed by atoms with Crippen LogP contribution in [0.4, 0.5) is 13.2 Å². The van der Waals surface area contributed by atoms with Gasteiger partial charge in [-0.05, 0) is 85.9 Å². The van der Waals surface area contributed by atoms with Crippen molar-refractivity contribution in [3.63, 3.8) is 0 Å². The Labute approximate surface area is 237 Å². The number of likely N-dealkylation sites (tertiary alicyclic amines) is 1. The number of aliphatic hydroxyl groups is 1. The molecule has 5 aliphatic rings. The van der Waals surface area contributed by atoms with E-state index in [4.69, 9.17) is 4.74 Å². The summed E-state index contributed by atoms with van der Waals surface area (Å²) < 4.78 is 46.1. The number of likely N-dealkylation sites (N-methyl/N-ethyl adjacent to an activating group) is 1. The Morgan fingerprint density at radius 3 is 2.76 bits per heavy atom. The van der Waals surface area contributed by atoms with Crippen LogP contribution in [0.15, 0.2) is 42.5 Å². The lowest BCUT2D eigenvalue weighted by molar-refractivity contribution is -0.212. The normalized spacial score (nSPS) is 33.9. The molecule has 7 rings (SSSR count). The number of phenolic OH excluding ortho intramolecular Hbond substituents is 1. The highest BCUT2D eigenvalue weighted by Crippen LogP contribution is 2.66. The van der Waals surface area contributed by atoms with Crippen molar-refractivity contribution < 1.29 is 32.9 Å². The lowest BCUT2D eigenvalue weighted by Crippen LogP contribution is -2.79. The number of piperidine rings is 1. The van der Waals surface area contributed by atoms with Crippen LogP contribution in [0.25, 0.3) is 6.08 Å². The Bertz CT molecular complexity index is 1440. The molecule has 2 aliphatic heterocycles. The van der Waals surface area contributed by atoms with Crippen molar-refractivity contribution in [1.82, 2.24) is 9.80 Å². The van der Waals surface area contributed by atoms with Crippen LogP contribution < -0.4 is 4.74 Å². The van der Waals surface area contributed by atoms with E-state index in [1.54, 1.807) is 18.0 Å². The van der Waals surface area contributed by atoms with Crippen molar-refractivity contribution in [2.24, 2.45) is 11.8 Å². The first-order valence-electron chi connectivity index (χ1n) is 14.5. The van der Waals surface area contributed by atoms with Gasteiger partial charge in [-0.3, -0.25) is 9.69 Å². The van der Waals surface area contributed by atoms with E-state index in [1.165, 1.54) is 37.1 Å². The van der Waals surface area contributed by atoms with Gasteiger partial charge in [-0.1, -0.05) is 25.1 Å². The van der Waals surface area contributed by atoms with Gasteiger partial charge in [0.2, 0.25) is 5.91 Å². The van der Waals surface area contributed by atoms with Crippen molar-refractivity contribution in [2.45, 2.75) is 74.4 Å². The maximum Gasteiger partial charge on any atom is 0.416 e. The first kappa shape index (κ1) is 26.8. The van der Waals surface area contributed by atoms with Gasteiger partial charge in [0.25, 0.3) is 0 Å². The second-order valence-electron chi connectivity index (χ2n) is 12.9. The number of phenols is 1. The van der Waals surface area contributed by atoms with E-state index >= 15 is 0 Å². The molecule has 41 heavy (non-hydrogen) atoms. The molecule has 2 saturated carbocycles. The fourth-order valence-corrected chi connectivity index (χ4v) is 8.56. The average molecular weight is 569 g/mol. The van der Waals surface area contributed by atoms with Crippen molar-refractivity contribution in [1.29, 1.82) is 0 Å². The van der Waals surface area contributed by atoms with E-state index < -0.39 is 34.9 Å². The van der Waals surface area contributed by atoms with E-state index in [0.29, 0.717) is 30.9 Å². The van der Waals surface area contributed by atoms with Gasteiger partial charge in [-0.2, -0.15) is 13.2 Å². The number of ether oxygens (including phenoxy) is 1. The first-order chi connectivity index (χ1) is 19.4. The summed E-state index contributed by atoms with van der Waals surface area (Å²) in [6.07, 6.45) is 1.95. The van der Waals surface area contributed by atoms with E-state index in [-0.39, 0.29) is 29.2 Å². The van der Waals surface area contributed by atoms with Crippen LogP contribution in [-0.2, 0) is 22.8 Å². The maximum absolute atomic E-state index is 13.5. The molecule has 2 aromatic rings. The molecule has 0 unspecified atom stereocenters. The van der Waals surface area contributed by atoms with Crippen LogP contribution in [0.2, 0.25) is 0 Å². The molecule has 3 fully saturated rings. The van der Waals surface area contributed by atoms with Gasteiger partial charge < -0.3 is 19.8 Å². The largest absolute Gasteiger partial charge is 0.504 e. The van der Waals surface area contributed by atoms with Crippen LogP contribution in [-0.4, -0.2) is 69.8 Å². The molecule has 1 amide bonds. The lowest BCUT2D eigenvalue weighted by atomic mass is 9.46. The first-order valence-corrected chi connectivity index (χ1v) is 14.5. The number of hydrogen-bond acceptors (Lipinski definition) is 5. The third kappa shape index (κ3) is 3.88. The van der Waals surface area contributed by atoms with Gasteiger partial charge in [0.15, 0.2) is 11.5 Å². The summed E-state index contributed by atoms with van der Waals surface area (Å²) in [5.41, 5.74) is -0.358. The monoisotopic (exact) mass is 568 g/mol. The Hall–Kier alpha value is -3.04. The number of amides is 1. The number of rotatable bonds is 5. The molecule has 9 heteroatoms. The van der Waals surface area contributed by atoms with Crippen molar-refractivity contribution in [3.05, 3.63) is 64.7 Å². The Balaban J connectivity index is 1.24. The van der Waals surface area contributed by atoms with Crippen LogP contribution in [0.3, 0.4) is 0 Å². The number of nitrogens with zero attached hydrogens (tertiary/aromatic N) is 2. The van der Waals surface area contributed by atoms with Gasteiger partial charge in [-0.25, -0.2) is 0 Å². The minimum atomic E-state index is -4.47. The zero-order valence-corrected chi connectivity index (χ0v) is 23.2. The standard InChI is InChI=1S/C32H35F3N2O4/c1-18-16-31(40)24-15-21-9-10-23(38)28-26(21)30(31,12-13-37(24)17-20-6-7-20)29(41-28)27(18)36(2)25(39)11-8-19-4-3-5-22(14-19)32(33,34)35/h3-5,8-11,14,18,20,24,27,29,38,40H,6-7,12-13,15-17H2,1-2H3/t18-,24-,27+,29+,30+,31-/m1/s1. The van der Waals surface area contributed by atoms with Gasteiger partial charge in [0, 0.05) is 31.3 Å². The minimum Gasteiger partial charge on any atom is -0.504 e. The van der Waals surface area contributed by atoms with E-state index in [1.807, 2.05) is 13.0 Å². The summed E-state index contributed by atoms with van der Waals surface area (Å²) in [7, 11) is 1.69. The molecule has 2 N–H and O–H groups in total. The number of carbonyl (C=O) groups excluding carboxylic acids is 1. The van der Waals surface area contributed by atoms with E-state index in [9.17, 15) is 28.2 Å². The van der Waals surface area contributed by atoms with E-state index in [2.05, 4.69) is 4.90 Å². The van der Waals surface area contributed by atoms with Crippen molar-refractivity contribution in [2.75, 3.05) is 20.1 Å². The third-order valence-electron chi connectivity index (χ3n) is 10.5. The van der Waals surface area contributed by atoms with Gasteiger partial charge in [0.1, 0.15) is 6.10 Å². The number of carbonyl (C=O) groups is 1. The fraction of sp³-hybridized carbons (Fsp3) is 0.531. The molecule has 1 spiro atoms. The summed E-state index contributed by atoms with van der Waals surface area (Å²) in [6, 6.07) is 8.00. The Morgan fingerprint density at radius 1 is 1.24 bits per heavy atom. The van der Waals surface area contributed by atoms with Crippen LogP contribution >= 0.6 is 0 Å². The predicted molar refractivity (Wildman–Crippen MR) is 146 cm³/mol. The SMILES string of the molecule is C[C@@H]1C[C@@]2(O)[C@H]3Cc4ccc(O)c5c4[C@@]2(CCN3CC2CC2)[C@@H](O5)[C@H]1N(C)C(=O)C=Cc1cccc(C(F)(F)F)c1. The fourth-order valence-electron chi connectivity index (χ4n) is 8.56. The third-order valence-corrected chi connectivity index (χ3v) is 10.5. The molecular weight excluding hydrogens is 533 g/mol. The molecule has 3 aliphatic carbocycles. The minimum absolute atomic E-state index is 0.0403. The topological polar surface area (TPSA) is 73.2 Å². The van der Waals surface area contributed by atoms with E-state index in [0.717, 1.165) is 36.3 Å². The predicted octanol–water partition coefficient (Wildman–Crippen LogP) is 4.76. The molecule has 6 nitrogen and oxygen atoms in total. The summed E-state index contributed by atoms with van der Waals surface area (Å²) >= 11 is 0. The highest BCUT2D eigenvalue weighted by molar-refractivity contribution is 5.92. The smallest absolute Gasteiger partial charge is 0.416 e. The second kappa shape index (κ2) is 8.98. The quantitative estimate of drug-likeness (QED) is 0.509. The molecule has 1 saturated heterocycles. The van der Waals surface area contributed by atoms with Crippen LogP contribution in [0.5, 0.6) is 11.5 Å². The van der Waals surface area contributed by atoms with Gasteiger partial charge in [-0.15, -0.1) is 0 Å².